The van der Waals surface area contributed by atoms with E-state index in [-0.39, 0.29) is 5.91 Å². The minimum absolute atomic E-state index is 0.0627. The fraction of sp³-hybridized carbons (Fsp3) is 0.533. The molecule has 0 radical (unpaired) electrons. The van der Waals surface area contributed by atoms with Gasteiger partial charge in [-0.25, -0.2) is 0 Å². The quantitative estimate of drug-likeness (QED) is 0.827. The van der Waals surface area contributed by atoms with Gasteiger partial charge in [-0.1, -0.05) is 6.92 Å². The number of benzene rings is 1. The van der Waals surface area contributed by atoms with E-state index in [0.717, 1.165) is 17.9 Å². The zero-order valence-electron chi connectivity index (χ0n) is 12.1. The van der Waals surface area contributed by atoms with Crippen LogP contribution in [-0.4, -0.2) is 47.8 Å². The summed E-state index contributed by atoms with van der Waals surface area (Å²) in [6.07, 6.45) is 0.726. The number of carbonyl (C=O) groups excluding carboxylic acids is 1. The standard InChI is InChI=1S/C15H22N2O3/c1-3-15(19)10-17(11-15)9-14(18)16-12-5-7-13(8-6-12)20-4-2/h5-8,19H,3-4,9-11H2,1-2H3,(H,16,18). The van der Waals surface area contributed by atoms with Crippen LogP contribution >= 0.6 is 0 Å². The number of likely N-dealkylation sites (tertiary alicyclic amines) is 1. The third kappa shape index (κ3) is 3.71. The highest BCUT2D eigenvalue weighted by Gasteiger charge is 2.39. The number of amides is 1. The summed E-state index contributed by atoms with van der Waals surface area (Å²) in [5.74, 6) is 0.730. The van der Waals surface area contributed by atoms with Crippen molar-refractivity contribution in [3.8, 4) is 5.75 Å². The molecule has 2 N–H and O–H groups in total. The molecule has 1 aliphatic rings. The summed E-state index contributed by atoms with van der Waals surface area (Å²) in [6, 6.07) is 7.31. The number of rotatable bonds is 6. The number of nitrogens with zero attached hydrogens (tertiary/aromatic N) is 1. The SMILES string of the molecule is CCOc1ccc(NC(=O)CN2CC(O)(CC)C2)cc1. The predicted octanol–water partition coefficient (Wildman–Crippen LogP) is 1.48. The molecule has 0 aromatic heterocycles. The number of anilines is 1. The molecule has 5 heteroatoms. The highest BCUT2D eigenvalue weighted by Crippen LogP contribution is 2.23. The number of hydrogen-bond donors (Lipinski definition) is 2. The number of carbonyl (C=O) groups is 1. The summed E-state index contributed by atoms with van der Waals surface area (Å²) < 4.78 is 5.34. The van der Waals surface area contributed by atoms with E-state index in [0.29, 0.717) is 26.2 Å². The van der Waals surface area contributed by atoms with Gasteiger partial charge in [0, 0.05) is 18.8 Å². The number of ether oxygens (including phenoxy) is 1. The summed E-state index contributed by atoms with van der Waals surface area (Å²) >= 11 is 0. The van der Waals surface area contributed by atoms with Crippen molar-refractivity contribution in [2.45, 2.75) is 25.9 Å². The maximum Gasteiger partial charge on any atom is 0.238 e. The molecule has 5 nitrogen and oxygen atoms in total. The van der Waals surface area contributed by atoms with Gasteiger partial charge in [0.2, 0.25) is 5.91 Å². The van der Waals surface area contributed by atoms with Crippen LogP contribution in [0.1, 0.15) is 20.3 Å². The fourth-order valence-electron chi connectivity index (χ4n) is 2.33. The highest BCUT2D eigenvalue weighted by atomic mass is 16.5. The maximum atomic E-state index is 11.9. The van der Waals surface area contributed by atoms with Crippen LogP contribution in [0.2, 0.25) is 0 Å². The normalized spacial score (nSPS) is 17.4. The van der Waals surface area contributed by atoms with Gasteiger partial charge in [-0.05, 0) is 37.6 Å². The van der Waals surface area contributed by atoms with Crippen molar-refractivity contribution in [2.24, 2.45) is 0 Å². The molecule has 0 saturated carbocycles. The summed E-state index contributed by atoms with van der Waals surface area (Å²) in [5.41, 5.74) is 0.157. The monoisotopic (exact) mass is 278 g/mol. The van der Waals surface area contributed by atoms with Crippen LogP contribution in [-0.2, 0) is 4.79 Å². The maximum absolute atomic E-state index is 11.9. The molecule has 1 aromatic carbocycles. The van der Waals surface area contributed by atoms with Crippen LogP contribution in [0, 0.1) is 0 Å². The Hall–Kier alpha value is -1.59. The zero-order valence-corrected chi connectivity index (χ0v) is 12.1. The fourth-order valence-corrected chi connectivity index (χ4v) is 2.33. The van der Waals surface area contributed by atoms with Gasteiger partial charge in [-0.2, -0.15) is 0 Å². The van der Waals surface area contributed by atoms with Crippen LogP contribution in [0.15, 0.2) is 24.3 Å². The second kappa shape index (κ2) is 6.24. The smallest absolute Gasteiger partial charge is 0.238 e. The van der Waals surface area contributed by atoms with Gasteiger partial charge < -0.3 is 15.2 Å². The van der Waals surface area contributed by atoms with E-state index in [1.807, 2.05) is 43.0 Å². The lowest BCUT2D eigenvalue weighted by molar-refractivity contribution is -0.128. The van der Waals surface area contributed by atoms with Gasteiger partial charge in [0.05, 0.1) is 18.8 Å². The van der Waals surface area contributed by atoms with Crippen molar-refractivity contribution < 1.29 is 14.6 Å². The number of β-amino-alcohol motifs (C(OH)–C–C–N with tert-alkyl or cyclic N) is 1. The van der Waals surface area contributed by atoms with Crippen LogP contribution < -0.4 is 10.1 Å². The van der Waals surface area contributed by atoms with Crippen molar-refractivity contribution in [3.63, 3.8) is 0 Å². The summed E-state index contributed by atoms with van der Waals surface area (Å²) in [5, 5.41) is 12.7. The van der Waals surface area contributed by atoms with E-state index in [4.69, 9.17) is 4.74 Å². The second-order valence-corrected chi connectivity index (χ2v) is 5.23. The molecule has 1 heterocycles. The zero-order chi connectivity index (χ0) is 14.6. The van der Waals surface area contributed by atoms with Gasteiger partial charge in [0.15, 0.2) is 0 Å². The predicted molar refractivity (Wildman–Crippen MR) is 77.9 cm³/mol. The molecular formula is C15H22N2O3. The van der Waals surface area contributed by atoms with E-state index in [1.165, 1.54) is 0 Å². The molecule has 2 rings (SSSR count). The Morgan fingerprint density at radius 1 is 1.35 bits per heavy atom. The Morgan fingerprint density at radius 2 is 2.00 bits per heavy atom. The Bertz CT molecular complexity index is 453. The van der Waals surface area contributed by atoms with Gasteiger partial charge in [0.1, 0.15) is 5.75 Å². The third-order valence-corrected chi connectivity index (χ3v) is 3.51. The Labute approximate surface area is 119 Å². The van der Waals surface area contributed by atoms with Crippen molar-refractivity contribution >= 4 is 11.6 Å². The van der Waals surface area contributed by atoms with E-state index in [1.54, 1.807) is 0 Å². The lowest BCUT2D eigenvalue weighted by Gasteiger charge is -2.45. The Kier molecular flexibility index (Phi) is 4.62. The van der Waals surface area contributed by atoms with E-state index in [2.05, 4.69) is 5.32 Å². The molecular weight excluding hydrogens is 256 g/mol. The average molecular weight is 278 g/mol. The van der Waals surface area contributed by atoms with Crippen LogP contribution in [0.5, 0.6) is 5.75 Å². The summed E-state index contributed by atoms with van der Waals surface area (Å²) in [4.78, 5) is 13.8. The molecule has 1 saturated heterocycles. The first kappa shape index (κ1) is 14.8. The topological polar surface area (TPSA) is 61.8 Å². The lowest BCUT2D eigenvalue weighted by atomic mass is 9.91. The molecule has 0 unspecified atom stereocenters. The molecule has 0 spiro atoms. The average Bonchev–Trinajstić information content (AvgIpc) is 2.39. The molecule has 20 heavy (non-hydrogen) atoms. The van der Waals surface area contributed by atoms with Crippen LogP contribution in [0.4, 0.5) is 5.69 Å². The minimum atomic E-state index is -0.598. The summed E-state index contributed by atoms with van der Waals surface area (Å²) in [7, 11) is 0. The van der Waals surface area contributed by atoms with E-state index in [9.17, 15) is 9.90 Å². The van der Waals surface area contributed by atoms with Crippen LogP contribution in [0.3, 0.4) is 0 Å². The first-order chi connectivity index (χ1) is 9.54. The highest BCUT2D eigenvalue weighted by molar-refractivity contribution is 5.92. The van der Waals surface area contributed by atoms with Crippen molar-refractivity contribution in [2.75, 3.05) is 31.6 Å². The van der Waals surface area contributed by atoms with Crippen molar-refractivity contribution in [3.05, 3.63) is 24.3 Å². The first-order valence-corrected chi connectivity index (χ1v) is 7.02. The molecule has 0 aliphatic carbocycles. The molecule has 1 aromatic rings. The second-order valence-electron chi connectivity index (χ2n) is 5.23. The van der Waals surface area contributed by atoms with Gasteiger partial charge >= 0.3 is 0 Å². The van der Waals surface area contributed by atoms with Crippen molar-refractivity contribution in [1.82, 2.24) is 4.90 Å². The summed E-state index contributed by atoms with van der Waals surface area (Å²) in [6.45, 7) is 5.97. The van der Waals surface area contributed by atoms with Crippen LogP contribution in [0.25, 0.3) is 0 Å². The van der Waals surface area contributed by atoms with E-state index < -0.39 is 5.60 Å². The van der Waals surface area contributed by atoms with Gasteiger partial charge in [-0.15, -0.1) is 0 Å². The molecule has 0 bridgehead atoms. The van der Waals surface area contributed by atoms with Crippen molar-refractivity contribution in [1.29, 1.82) is 0 Å². The lowest BCUT2D eigenvalue weighted by Crippen LogP contribution is -2.62. The first-order valence-electron chi connectivity index (χ1n) is 7.02. The largest absolute Gasteiger partial charge is 0.494 e. The Morgan fingerprint density at radius 3 is 2.55 bits per heavy atom. The number of aliphatic hydroxyl groups is 1. The van der Waals surface area contributed by atoms with E-state index >= 15 is 0 Å². The molecule has 0 atom stereocenters. The molecule has 1 amide bonds. The molecule has 110 valence electrons. The number of nitrogens with one attached hydrogen (secondary N) is 1. The number of hydrogen-bond acceptors (Lipinski definition) is 4. The van der Waals surface area contributed by atoms with Gasteiger partial charge in [0.25, 0.3) is 0 Å². The van der Waals surface area contributed by atoms with Gasteiger partial charge in [-0.3, -0.25) is 9.69 Å². The third-order valence-electron chi connectivity index (χ3n) is 3.51. The Balaban J connectivity index is 1.77. The minimum Gasteiger partial charge on any atom is -0.494 e. The molecule has 1 aliphatic heterocycles. The molecule has 1 fully saturated rings.